The quantitative estimate of drug-likeness (QED) is 0.412. The van der Waals surface area contributed by atoms with Gasteiger partial charge in [0, 0.05) is 0 Å². The van der Waals surface area contributed by atoms with Crippen LogP contribution >= 0.6 is 11.6 Å². The molecule has 0 spiro atoms. The predicted octanol–water partition coefficient (Wildman–Crippen LogP) is 3.84. The van der Waals surface area contributed by atoms with Gasteiger partial charge in [0.2, 0.25) is 11.8 Å². The Bertz CT molecular complexity index is 1220. The van der Waals surface area contributed by atoms with Crippen LogP contribution in [0.1, 0.15) is 23.7 Å². The Morgan fingerprint density at radius 1 is 1.09 bits per heavy atom. The summed E-state index contributed by atoms with van der Waals surface area (Å²) in [6.45, 7) is 1.51. The number of hydrogen-bond donors (Lipinski definition) is 1. The molecule has 2 aliphatic carbocycles. The Balaban J connectivity index is 1.26. The molecule has 1 saturated heterocycles. The number of imide groups is 1. The SMILES string of the molecule is CC1=C[C@H]2C[C@H]1[C@@H]1C(=O)N(c3cccc(C(=O)OCC(=O)Nc4ccccc4Cl)c3)C(=O)[C@@H]12. The maximum Gasteiger partial charge on any atom is 0.338 e. The molecule has 0 aromatic heterocycles. The molecule has 8 heteroatoms. The molecule has 2 bridgehead atoms. The van der Waals surface area contributed by atoms with E-state index in [1.807, 2.05) is 6.92 Å². The highest BCUT2D eigenvalue weighted by Crippen LogP contribution is 2.55. The highest BCUT2D eigenvalue weighted by Gasteiger charge is 2.60. The van der Waals surface area contributed by atoms with Crippen LogP contribution in [0.2, 0.25) is 5.02 Å². The monoisotopic (exact) mass is 464 g/mol. The first-order valence-electron chi connectivity index (χ1n) is 10.7. The molecule has 3 aliphatic rings. The van der Waals surface area contributed by atoms with Gasteiger partial charge >= 0.3 is 5.97 Å². The van der Waals surface area contributed by atoms with E-state index < -0.39 is 18.5 Å². The highest BCUT2D eigenvalue weighted by atomic mass is 35.5. The summed E-state index contributed by atoms with van der Waals surface area (Å²) in [4.78, 5) is 52.1. The molecule has 0 unspecified atom stereocenters. The summed E-state index contributed by atoms with van der Waals surface area (Å²) < 4.78 is 5.12. The normalized spacial score (nSPS) is 25.2. The predicted molar refractivity (Wildman–Crippen MR) is 122 cm³/mol. The van der Waals surface area contributed by atoms with E-state index in [-0.39, 0.29) is 41.0 Å². The average Bonchev–Trinajstić information content (AvgIpc) is 3.44. The Morgan fingerprint density at radius 3 is 2.64 bits per heavy atom. The highest BCUT2D eigenvalue weighted by molar-refractivity contribution is 6.33. The largest absolute Gasteiger partial charge is 0.452 e. The maximum absolute atomic E-state index is 13.1. The van der Waals surface area contributed by atoms with Gasteiger partial charge in [0.1, 0.15) is 0 Å². The van der Waals surface area contributed by atoms with E-state index in [2.05, 4.69) is 11.4 Å². The van der Waals surface area contributed by atoms with Crippen molar-refractivity contribution in [1.29, 1.82) is 0 Å². The number of rotatable bonds is 5. The molecule has 1 heterocycles. The Morgan fingerprint density at radius 2 is 1.85 bits per heavy atom. The topological polar surface area (TPSA) is 92.8 Å². The molecule has 2 aromatic carbocycles. The smallest absolute Gasteiger partial charge is 0.338 e. The number of amides is 3. The van der Waals surface area contributed by atoms with Crippen LogP contribution in [0.4, 0.5) is 11.4 Å². The van der Waals surface area contributed by atoms with E-state index in [1.54, 1.807) is 36.4 Å². The van der Waals surface area contributed by atoms with E-state index >= 15 is 0 Å². The number of ether oxygens (including phenoxy) is 1. The van der Waals surface area contributed by atoms with E-state index in [1.165, 1.54) is 22.6 Å². The van der Waals surface area contributed by atoms with Gasteiger partial charge in [-0.3, -0.25) is 14.4 Å². The third kappa shape index (κ3) is 3.62. The molecule has 33 heavy (non-hydrogen) atoms. The van der Waals surface area contributed by atoms with Gasteiger partial charge in [-0.05, 0) is 55.5 Å². The third-order valence-corrected chi connectivity index (χ3v) is 7.03. The van der Waals surface area contributed by atoms with E-state index in [0.717, 1.165) is 6.42 Å². The summed E-state index contributed by atoms with van der Waals surface area (Å²) in [6, 6.07) is 12.9. The molecule has 2 fully saturated rings. The number of para-hydroxylation sites is 1. The van der Waals surface area contributed by atoms with Gasteiger partial charge in [0.25, 0.3) is 5.91 Å². The zero-order chi connectivity index (χ0) is 23.3. The fourth-order valence-corrected chi connectivity index (χ4v) is 5.45. The number of carbonyl (C=O) groups is 4. The van der Waals surface area contributed by atoms with Crippen LogP contribution in [0.15, 0.2) is 60.2 Å². The molecule has 2 aromatic rings. The van der Waals surface area contributed by atoms with Crippen LogP contribution in [-0.2, 0) is 19.1 Å². The summed E-state index contributed by atoms with van der Waals surface area (Å²) >= 11 is 6.01. The fraction of sp³-hybridized carbons (Fsp3) is 0.280. The Hall–Kier alpha value is -3.45. The minimum atomic E-state index is -0.733. The lowest BCUT2D eigenvalue weighted by atomic mass is 9.82. The van der Waals surface area contributed by atoms with Gasteiger partial charge in [-0.25, -0.2) is 9.69 Å². The molecule has 4 atom stereocenters. The van der Waals surface area contributed by atoms with Gasteiger partial charge in [-0.2, -0.15) is 0 Å². The lowest BCUT2D eigenvalue weighted by Crippen LogP contribution is -2.33. The van der Waals surface area contributed by atoms with Crippen molar-refractivity contribution in [3.05, 3.63) is 70.8 Å². The van der Waals surface area contributed by atoms with Crippen molar-refractivity contribution >= 4 is 46.7 Å². The molecule has 0 radical (unpaired) electrons. The van der Waals surface area contributed by atoms with Crippen molar-refractivity contribution in [3.63, 3.8) is 0 Å². The fourth-order valence-electron chi connectivity index (χ4n) is 5.26. The lowest BCUT2D eigenvalue weighted by Gasteiger charge is -2.19. The number of hydrogen-bond acceptors (Lipinski definition) is 5. The summed E-state index contributed by atoms with van der Waals surface area (Å²) in [5.74, 6) is -2.13. The molecule has 1 aliphatic heterocycles. The number of fused-ring (bicyclic) bond motifs is 5. The van der Waals surface area contributed by atoms with Gasteiger partial charge in [0.05, 0.1) is 33.8 Å². The summed E-state index contributed by atoms with van der Waals surface area (Å²) in [5, 5.41) is 2.94. The van der Waals surface area contributed by atoms with Gasteiger partial charge < -0.3 is 10.1 Å². The first-order valence-corrected chi connectivity index (χ1v) is 11.1. The molecule has 7 nitrogen and oxygen atoms in total. The van der Waals surface area contributed by atoms with Gasteiger partial charge in [-0.15, -0.1) is 0 Å². The number of benzene rings is 2. The van der Waals surface area contributed by atoms with Crippen LogP contribution in [0.5, 0.6) is 0 Å². The van der Waals surface area contributed by atoms with Crippen molar-refractivity contribution in [2.75, 3.05) is 16.8 Å². The number of nitrogens with one attached hydrogen (secondary N) is 1. The second-order valence-corrected chi connectivity index (χ2v) is 9.04. The molecular weight excluding hydrogens is 444 g/mol. The summed E-state index contributed by atoms with van der Waals surface area (Å²) in [7, 11) is 0. The molecule has 168 valence electrons. The van der Waals surface area contributed by atoms with Gasteiger partial charge in [-0.1, -0.05) is 41.4 Å². The Labute approximate surface area is 195 Å². The minimum Gasteiger partial charge on any atom is -0.452 e. The zero-order valence-electron chi connectivity index (χ0n) is 17.8. The van der Waals surface area contributed by atoms with Crippen molar-refractivity contribution in [2.45, 2.75) is 13.3 Å². The van der Waals surface area contributed by atoms with Crippen molar-refractivity contribution < 1.29 is 23.9 Å². The van der Waals surface area contributed by atoms with E-state index in [9.17, 15) is 19.2 Å². The number of anilines is 2. The standard InChI is InChI=1S/C25H21ClN2O5/c1-13-9-15-11-17(13)22-21(15)23(30)28(24(22)31)16-6-4-5-14(10-16)25(32)33-12-20(29)27-19-8-3-2-7-18(19)26/h2-10,15,17,21-22H,11-12H2,1H3,(H,27,29)/t15-,17+,21+,22-/m0/s1. The van der Waals surface area contributed by atoms with Crippen LogP contribution in [0.3, 0.4) is 0 Å². The summed E-state index contributed by atoms with van der Waals surface area (Å²) in [6.07, 6.45) is 2.97. The zero-order valence-corrected chi connectivity index (χ0v) is 18.5. The third-order valence-electron chi connectivity index (χ3n) is 6.70. The average molecular weight is 465 g/mol. The maximum atomic E-state index is 13.1. The molecule has 1 N–H and O–H groups in total. The molecule has 5 rings (SSSR count). The van der Waals surface area contributed by atoms with Crippen molar-refractivity contribution in [3.8, 4) is 0 Å². The number of carbonyl (C=O) groups excluding carboxylic acids is 4. The van der Waals surface area contributed by atoms with E-state index in [0.29, 0.717) is 16.4 Å². The lowest BCUT2D eigenvalue weighted by molar-refractivity contribution is -0.123. The van der Waals surface area contributed by atoms with Crippen molar-refractivity contribution in [1.82, 2.24) is 0 Å². The Kier molecular flexibility index (Phi) is 5.29. The first kappa shape index (κ1) is 21.4. The van der Waals surface area contributed by atoms with Crippen molar-refractivity contribution in [2.24, 2.45) is 23.7 Å². The van der Waals surface area contributed by atoms with Gasteiger partial charge in [0.15, 0.2) is 6.61 Å². The number of esters is 1. The molecule has 3 amide bonds. The first-order chi connectivity index (χ1) is 15.8. The van der Waals surface area contributed by atoms with Crippen LogP contribution < -0.4 is 10.2 Å². The second kappa shape index (κ2) is 8.15. The molecular formula is C25H21ClN2O5. The van der Waals surface area contributed by atoms with E-state index in [4.69, 9.17) is 16.3 Å². The molecule has 1 saturated carbocycles. The minimum absolute atomic E-state index is 0.103. The second-order valence-electron chi connectivity index (χ2n) is 8.63. The number of allylic oxidation sites excluding steroid dienone is 2. The van der Waals surface area contributed by atoms with Crippen LogP contribution in [0, 0.1) is 23.7 Å². The number of nitrogens with zero attached hydrogens (tertiary/aromatic N) is 1. The summed E-state index contributed by atoms with van der Waals surface area (Å²) in [5.41, 5.74) is 2.08. The number of halogens is 1. The van der Waals surface area contributed by atoms with Crippen LogP contribution in [-0.4, -0.2) is 30.3 Å². The van der Waals surface area contributed by atoms with Crippen LogP contribution in [0.25, 0.3) is 0 Å².